The molecule has 4 nitrogen and oxygen atoms in total. The molecule has 2 heterocycles. The Morgan fingerprint density at radius 2 is 2.17 bits per heavy atom. The minimum Gasteiger partial charge on any atom is -0.299 e. The first-order chi connectivity index (χ1) is 8.66. The van der Waals surface area contributed by atoms with Crippen molar-refractivity contribution in [1.29, 1.82) is 0 Å². The molecule has 0 fully saturated rings. The lowest BCUT2D eigenvalue weighted by molar-refractivity contribution is -0.114. The Morgan fingerprint density at radius 1 is 1.33 bits per heavy atom. The highest BCUT2D eigenvalue weighted by atomic mass is 79.9. The molecule has 1 aliphatic heterocycles. The number of carbonyl (C=O) groups excluding carboxylic acids is 2. The summed E-state index contributed by atoms with van der Waals surface area (Å²) in [6.45, 7) is 0.331. The van der Waals surface area contributed by atoms with Crippen molar-refractivity contribution in [3.8, 4) is 0 Å². The van der Waals surface area contributed by atoms with Crippen LogP contribution in [0.3, 0.4) is 0 Å². The molecular weight excluding hydrogens is 316 g/mol. The molecule has 0 spiro atoms. The number of anilines is 1. The minimum absolute atomic E-state index is 0.331. The van der Waals surface area contributed by atoms with Crippen LogP contribution in [-0.4, -0.2) is 16.7 Å². The Kier molecular flexibility index (Phi) is 2.76. The van der Waals surface area contributed by atoms with Crippen molar-refractivity contribution >= 4 is 44.6 Å². The van der Waals surface area contributed by atoms with E-state index in [1.807, 2.05) is 5.38 Å². The van der Waals surface area contributed by atoms with Crippen LogP contribution in [0.2, 0.25) is 0 Å². The van der Waals surface area contributed by atoms with Crippen LogP contribution in [0.1, 0.15) is 16.1 Å². The quantitative estimate of drug-likeness (QED) is 0.799. The highest BCUT2D eigenvalue weighted by Gasteiger charge is 2.35. The molecule has 1 aliphatic rings. The zero-order chi connectivity index (χ0) is 12.7. The number of hydrogen-bond acceptors (Lipinski definition) is 4. The zero-order valence-electron chi connectivity index (χ0n) is 9.09. The first-order valence-corrected chi connectivity index (χ1v) is 6.93. The third-order valence-corrected chi connectivity index (χ3v) is 3.87. The van der Waals surface area contributed by atoms with E-state index in [1.165, 1.54) is 16.2 Å². The van der Waals surface area contributed by atoms with Crippen LogP contribution >= 0.6 is 27.3 Å². The van der Waals surface area contributed by atoms with Gasteiger partial charge in [0.15, 0.2) is 0 Å². The van der Waals surface area contributed by atoms with Gasteiger partial charge >= 0.3 is 0 Å². The zero-order valence-corrected chi connectivity index (χ0v) is 11.5. The number of benzene rings is 1. The number of hydrogen-bond donors (Lipinski definition) is 0. The second-order valence-corrected chi connectivity index (χ2v) is 5.50. The summed E-state index contributed by atoms with van der Waals surface area (Å²) in [5, 5.41) is 1.87. The van der Waals surface area contributed by atoms with Gasteiger partial charge in [0.1, 0.15) is 0 Å². The number of ketones is 1. The van der Waals surface area contributed by atoms with E-state index in [0.717, 1.165) is 10.2 Å². The van der Waals surface area contributed by atoms with Crippen LogP contribution in [-0.2, 0) is 11.3 Å². The number of halogens is 1. The number of Topliss-reactive ketones (excluding diaryl/α,β-unsaturated/α-hetero) is 1. The maximum atomic E-state index is 11.9. The van der Waals surface area contributed by atoms with Crippen LogP contribution in [0.5, 0.6) is 0 Å². The summed E-state index contributed by atoms with van der Waals surface area (Å²) in [6.07, 6.45) is 0. The first kappa shape index (κ1) is 11.6. The largest absolute Gasteiger partial charge is 0.299 e. The number of rotatable bonds is 2. The summed E-state index contributed by atoms with van der Waals surface area (Å²) in [7, 11) is 0. The normalized spacial score (nSPS) is 14.2. The summed E-state index contributed by atoms with van der Waals surface area (Å²) in [6, 6.07) is 5.21. The van der Waals surface area contributed by atoms with E-state index < -0.39 is 11.7 Å². The molecule has 0 atom stereocenters. The minimum atomic E-state index is -0.490. The summed E-state index contributed by atoms with van der Waals surface area (Å²) in [5.74, 6) is -0.941. The molecule has 1 aromatic heterocycles. The van der Waals surface area contributed by atoms with Gasteiger partial charge in [0.2, 0.25) is 0 Å². The van der Waals surface area contributed by atoms with Gasteiger partial charge in [0.05, 0.1) is 29.0 Å². The standard InChI is InChI=1S/C12H7BrN2O2S/c13-7-1-2-9-10(3-7)15(12(17)11(9)16)4-8-5-18-6-14-8/h1-3,5-6H,4H2. The van der Waals surface area contributed by atoms with Crippen LogP contribution in [0.4, 0.5) is 5.69 Å². The molecule has 1 amide bonds. The van der Waals surface area contributed by atoms with Gasteiger partial charge in [0, 0.05) is 9.85 Å². The lowest BCUT2D eigenvalue weighted by atomic mass is 10.1. The van der Waals surface area contributed by atoms with E-state index in [2.05, 4.69) is 20.9 Å². The van der Waals surface area contributed by atoms with E-state index in [-0.39, 0.29) is 0 Å². The summed E-state index contributed by atoms with van der Waals surface area (Å²) < 4.78 is 0.840. The number of amides is 1. The van der Waals surface area contributed by atoms with Gasteiger partial charge in [-0.2, -0.15) is 0 Å². The monoisotopic (exact) mass is 322 g/mol. The van der Waals surface area contributed by atoms with Gasteiger partial charge in [-0.05, 0) is 18.2 Å². The molecule has 0 N–H and O–H groups in total. The van der Waals surface area contributed by atoms with Crippen molar-refractivity contribution in [2.24, 2.45) is 0 Å². The number of thiazole rings is 1. The highest BCUT2D eigenvalue weighted by molar-refractivity contribution is 9.10. The lowest BCUT2D eigenvalue weighted by Gasteiger charge is -2.15. The predicted octanol–water partition coefficient (Wildman–Crippen LogP) is 2.64. The van der Waals surface area contributed by atoms with Crippen molar-refractivity contribution in [3.63, 3.8) is 0 Å². The number of aromatic nitrogens is 1. The van der Waals surface area contributed by atoms with Gasteiger partial charge in [-0.1, -0.05) is 15.9 Å². The second kappa shape index (κ2) is 4.29. The van der Waals surface area contributed by atoms with E-state index in [4.69, 9.17) is 0 Å². The SMILES string of the molecule is O=C1C(=O)N(Cc2cscn2)c2cc(Br)ccc21. The molecule has 0 saturated heterocycles. The van der Waals surface area contributed by atoms with Crippen molar-refractivity contribution in [1.82, 2.24) is 4.98 Å². The summed E-state index contributed by atoms with van der Waals surface area (Å²) in [5.41, 5.74) is 3.60. The smallest absolute Gasteiger partial charge is 0.299 e. The van der Waals surface area contributed by atoms with Crippen molar-refractivity contribution in [2.75, 3.05) is 4.90 Å². The Bertz CT molecular complexity index is 640. The van der Waals surface area contributed by atoms with Crippen LogP contribution in [0.15, 0.2) is 33.6 Å². The molecule has 0 aliphatic carbocycles. The number of nitrogens with zero attached hydrogens (tertiary/aromatic N) is 2. The molecule has 3 rings (SSSR count). The number of fused-ring (bicyclic) bond motifs is 1. The summed E-state index contributed by atoms with van der Waals surface area (Å²) >= 11 is 4.81. The molecule has 1 aromatic carbocycles. The fraction of sp³-hybridized carbons (Fsp3) is 0.0833. The van der Waals surface area contributed by atoms with Crippen LogP contribution in [0.25, 0.3) is 0 Å². The van der Waals surface area contributed by atoms with Crippen molar-refractivity contribution in [3.05, 3.63) is 44.8 Å². The summed E-state index contributed by atoms with van der Waals surface area (Å²) in [4.78, 5) is 29.4. The van der Waals surface area contributed by atoms with E-state index in [9.17, 15) is 9.59 Å². The van der Waals surface area contributed by atoms with Crippen molar-refractivity contribution in [2.45, 2.75) is 6.54 Å². The maximum absolute atomic E-state index is 11.9. The molecule has 2 aromatic rings. The van der Waals surface area contributed by atoms with Crippen LogP contribution < -0.4 is 4.90 Å². The first-order valence-electron chi connectivity index (χ1n) is 5.19. The van der Waals surface area contributed by atoms with E-state index >= 15 is 0 Å². The van der Waals surface area contributed by atoms with E-state index in [0.29, 0.717) is 17.8 Å². The topological polar surface area (TPSA) is 50.3 Å². The predicted molar refractivity (Wildman–Crippen MR) is 71.8 cm³/mol. The molecule has 18 heavy (non-hydrogen) atoms. The van der Waals surface area contributed by atoms with E-state index in [1.54, 1.807) is 23.7 Å². The molecular formula is C12H7BrN2O2S. The average Bonchev–Trinajstić information content (AvgIpc) is 2.93. The fourth-order valence-corrected chi connectivity index (χ4v) is 2.80. The van der Waals surface area contributed by atoms with Gasteiger partial charge < -0.3 is 0 Å². The third kappa shape index (κ3) is 1.77. The highest BCUT2D eigenvalue weighted by Crippen LogP contribution is 2.32. The van der Waals surface area contributed by atoms with Gasteiger partial charge in [0.25, 0.3) is 11.7 Å². The Labute approximate surface area is 115 Å². The van der Waals surface area contributed by atoms with Gasteiger partial charge in [-0.25, -0.2) is 4.98 Å². The number of carbonyl (C=O) groups is 2. The molecule has 0 saturated carbocycles. The fourth-order valence-electron chi connectivity index (χ4n) is 1.90. The Hall–Kier alpha value is -1.53. The second-order valence-electron chi connectivity index (χ2n) is 3.86. The Balaban J connectivity index is 2.03. The molecule has 0 radical (unpaired) electrons. The lowest BCUT2D eigenvalue weighted by Crippen LogP contribution is -2.29. The molecule has 0 bridgehead atoms. The molecule has 0 unspecified atom stereocenters. The van der Waals surface area contributed by atoms with Gasteiger partial charge in [-0.3, -0.25) is 14.5 Å². The molecule has 6 heteroatoms. The Morgan fingerprint density at radius 3 is 2.89 bits per heavy atom. The van der Waals surface area contributed by atoms with Gasteiger partial charge in [-0.15, -0.1) is 11.3 Å². The van der Waals surface area contributed by atoms with Crippen molar-refractivity contribution < 1.29 is 9.59 Å². The van der Waals surface area contributed by atoms with Crippen LogP contribution in [0, 0.1) is 0 Å². The molecule has 90 valence electrons. The average molecular weight is 323 g/mol. The third-order valence-electron chi connectivity index (χ3n) is 2.74. The maximum Gasteiger partial charge on any atom is 0.299 e.